The summed E-state index contributed by atoms with van der Waals surface area (Å²) in [7, 11) is 0. The predicted octanol–water partition coefficient (Wildman–Crippen LogP) is 1.07. The zero-order chi connectivity index (χ0) is 12.0. The molecule has 0 saturated carbocycles. The summed E-state index contributed by atoms with van der Waals surface area (Å²) in [4.78, 5) is 15.6. The van der Waals surface area contributed by atoms with Crippen LogP contribution in [0.2, 0.25) is 0 Å². The second-order valence-electron chi connectivity index (χ2n) is 3.98. The summed E-state index contributed by atoms with van der Waals surface area (Å²) < 4.78 is 0. The van der Waals surface area contributed by atoms with Gasteiger partial charge < -0.3 is 11.1 Å². The minimum absolute atomic E-state index is 0.0915. The zero-order valence-corrected chi connectivity index (χ0v) is 9.81. The number of carbonyl (C=O) groups excluding carboxylic acids is 1. The molecule has 4 heteroatoms. The van der Waals surface area contributed by atoms with E-state index < -0.39 is 6.04 Å². The van der Waals surface area contributed by atoms with Gasteiger partial charge in [0.05, 0.1) is 6.04 Å². The first-order valence-electron chi connectivity index (χ1n) is 5.57. The van der Waals surface area contributed by atoms with Gasteiger partial charge in [-0.25, -0.2) is 0 Å². The van der Waals surface area contributed by atoms with Gasteiger partial charge in [0, 0.05) is 18.9 Å². The molecule has 0 aliphatic carbocycles. The van der Waals surface area contributed by atoms with Crippen molar-refractivity contribution in [3.8, 4) is 0 Å². The molecule has 3 N–H and O–H groups in total. The Morgan fingerprint density at radius 2 is 2.12 bits per heavy atom. The van der Waals surface area contributed by atoms with Crippen molar-refractivity contribution in [2.75, 3.05) is 0 Å². The first kappa shape index (κ1) is 12.6. The lowest BCUT2D eigenvalue weighted by molar-refractivity contribution is -0.123. The number of carbonyl (C=O) groups is 1. The third-order valence-corrected chi connectivity index (χ3v) is 2.78. The highest BCUT2D eigenvalue weighted by molar-refractivity contribution is 5.81. The lowest BCUT2D eigenvalue weighted by atomic mass is 9.99. The summed E-state index contributed by atoms with van der Waals surface area (Å²) in [5.74, 6) is 0.114. The van der Waals surface area contributed by atoms with E-state index in [1.165, 1.54) is 0 Å². The Balaban J connectivity index is 2.41. The molecule has 0 aliphatic rings. The van der Waals surface area contributed by atoms with E-state index in [0.717, 1.165) is 12.0 Å². The highest BCUT2D eigenvalue weighted by Crippen LogP contribution is 2.05. The summed E-state index contributed by atoms with van der Waals surface area (Å²) in [6.45, 7) is 4.52. The number of amides is 1. The molecule has 88 valence electrons. The highest BCUT2D eigenvalue weighted by Gasteiger charge is 2.18. The number of nitrogens with one attached hydrogen (secondary N) is 1. The Bertz CT molecular complexity index is 326. The molecule has 0 aromatic carbocycles. The molecule has 1 heterocycles. The van der Waals surface area contributed by atoms with Crippen LogP contribution in [0.1, 0.15) is 25.8 Å². The zero-order valence-electron chi connectivity index (χ0n) is 9.81. The number of nitrogens with two attached hydrogens (primary N) is 1. The molecule has 2 atom stereocenters. The van der Waals surface area contributed by atoms with Gasteiger partial charge in [-0.3, -0.25) is 9.78 Å². The van der Waals surface area contributed by atoms with Gasteiger partial charge in [-0.2, -0.15) is 0 Å². The van der Waals surface area contributed by atoms with E-state index in [4.69, 9.17) is 5.73 Å². The van der Waals surface area contributed by atoms with Crippen LogP contribution in [0.5, 0.6) is 0 Å². The second kappa shape index (κ2) is 6.23. The normalized spacial score (nSPS) is 14.2. The van der Waals surface area contributed by atoms with Crippen LogP contribution in [0, 0.1) is 5.92 Å². The standard InChI is InChI=1S/C12H19N3O/c1-3-9(2)11(13)12(16)15-8-10-4-6-14-7-5-10/h4-7,9,11H,3,8,13H2,1-2H3,(H,15,16). The van der Waals surface area contributed by atoms with Crippen molar-refractivity contribution >= 4 is 5.91 Å². The molecule has 1 aromatic rings. The number of aromatic nitrogens is 1. The first-order chi connectivity index (χ1) is 7.65. The van der Waals surface area contributed by atoms with E-state index in [0.29, 0.717) is 6.54 Å². The lowest BCUT2D eigenvalue weighted by Crippen LogP contribution is -2.44. The van der Waals surface area contributed by atoms with E-state index in [1.54, 1.807) is 12.4 Å². The first-order valence-corrected chi connectivity index (χ1v) is 5.57. The summed E-state index contributed by atoms with van der Waals surface area (Å²) in [5, 5.41) is 2.82. The quantitative estimate of drug-likeness (QED) is 0.781. The van der Waals surface area contributed by atoms with E-state index in [2.05, 4.69) is 10.3 Å². The van der Waals surface area contributed by atoms with Gasteiger partial charge in [0.2, 0.25) is 5.91 Å². The monoisotopic (exact) mass is 221 g/mol. The van der Waals surface area contributed by atoms with Crippen LogP contribution in [0.4, 0.5) is 0 Å². The van der Waals surface area contributed by atoms with Crippen molar-refractivity contribution in [2.24, 2.45) is 11.7 Å². The van der Waals surface area contributed by atoms with Gasteiger partial charge in [-0.05, 0) is 23.6 Å². The number of nitrogens with zero attached hydrogens (tertiary/aromatic N) is 1. The summed E-state index contributed by atoms with van der Waals surface area (Å²) in [6.07, 6.45) is 4.32. The van der Waals surface area contributed by atoms with Crippen LogP contribution in [0.15, 0.2) is 24.5 Å². The SMILES string of the molecule is CCC(C)C(N)C(=O)NCc1ccncc1. The van der Waals surface area contributed by atoms with E-state index in [-0.39, 0.29) is 11.8 Å². The molecule has 1 rings (SSSR count). The molecule has 0 aliphatic heterocycles. The third-order valence-electron chi connectivity index (χ3n) is 2.78. The van der Waals surface area contributed by atoms with E-state index in [9.17, 15) is 4.79 Å². The van der Waals surface area contributed by atoms with Gasteiger partial charge in [0.15, 0.2) is 0 Å². The summed E-state index contributed by atoms with van der Waals surface area (Å²) >= 11 is 0. The molecule has 1 amide bonds. The van der Waals surface area contributed by atoms with E-state index >= 15 is 0 Å². The molecule has 1 aromatic heterocycles. The number of pyridine rings is 1. The van der Waals surface area contributed by atoms with E-state index in [1.807, 2.05) is 26.0 Å². The molecule has 0 saturated heterocycles. The summed E-state index contributed by atoms with van der Waals surface area (Å²) in [6, 6.07) is 3.32. The number of hydrogen-bond donors (Lipinski definition) is 2. The molecule has 4 nitrogen and oxygen atoms in total. The van der Waals surface area contributed by atoms with Crippen LogP contribution < -0.4 is 11.1 Å². The van der Waals surface area contributed by atoms with Crippen molar-refractivity contribution in [1.82, 2.24) is 10.3 Å². The maximum atomic E-state index is 11.7. The third kappa shape index (κ3) is 3.62. The lowest BCUT2D eigenvalue weighted by Gasteiger charge is -2.17. The van der Waals surface area contributed by atoms with Crippen LogP contribution in [-0.2, 0) is 11.3 Å². The van der Waals surface area contributed by atoms with Gasteiger partial charge in [0.1, 0.15) is 0 Å². The Morgan fingerprint density at radius 3 is 2.69 bits per heavy atom. The predicted molar refractivity (Wildman–Crippen MR) is 63.5 cm³/mol. The van der Waals surface area contributed by atoms with Gasteiger partial charge in [-0.15, -0.1) is 0 Å². The molecule has 2 unspecified atom stereocenters. The Hall–Kier alpha value is -1.42. The minimum atomic E-state index is -0.424. The van der Waals surface area contributed by atoms with Crippen molar-refractivity contribution in [2.45, 2.75) is 32.9 Å². The maximum absolute atomic E-state index is 11.7. The van der Waals surface area contributed by atoms with Crippen molar-refractivity contribution in [1.29, 1.82) is 0 Å². The van der Waals surface area contributed by atoms with Crippen molar-refractivity contribution in [3.05, 3.63) is 30.1 Å². The second-order valence-corrected chi connectivity index (χ2v) is 3.98. The number of hydrogen-bond acceptors (Lipinski definition) is 3. The van der Waals surface area contributed by atoms with Crippen molar-refractivity contribution in [3.63, 3.8) is 0 Å². The largest absolute Gasteiger partial charge is 0.351 e. The molecule has 0 bridgehead atoms. The number of rotatable bonds is 5. The Kier molecular flexibility index (Phi) is 4.92. The van der Waals surface area contributed by atoms with Crippen LogP contribution in [-0.4, -0.2) is 16.9 Å². The topological polar surface area (TPSA) is 68.0 Å². The van der Waals surface area contributed by atoms with Gasteiger partial charge in [-0.1, -0.05) is 20.3 Å². The smallest absolute Gasteiger partial charge is 0.237 e. The molecule has 0 fully saturated rings. The van der Waals surface area contributed by atoms with Crippen LogP contribution in [0.3, 0.4) is 0 Å². The Labute approximate surface area is 96.3 Å². The molecular formula is C12H19N3O. The van der Waals surface area contributed by atoms with Crippen LogP contribution in [0.25, 0.3) is 0 Å². The molecule has 16 heavy (non-hydrogen) atoms. The van der Waals surface area contributed by atoms with Gasteiger partial charge in [0.25, 0.3) is 0 Å². The average Bonchev–Trinajstić information content (AvgIpc) is 2.35. The maximum Gasteiger partial charge on any atom is 0.237 e. The Morgan fingerprint density at radius 1 is 1.50 bits per heavy atom. The molecule has 0 radical (unpaired) electrons. The minimum Gasteiger partial charge on any atom is -0.351 e. The fourth-order valence-corrected chi connectivity index (χ4v) is 1.32. The van der Waals surface area contributed by atoms with Crippen molar-refractivity contribution < 1.29 is 4.79 Å². The fraction of sp³-hybridized carbons (Fsp3) is 0.500. The summed E-state index contributed by atoms with van der Waals surface area (Å²) in [5.41, 5.74) is 6.84. The fourth-order valence-electron chi connectivity index (χ4n) is 1.32. The molecule has 0 spiro atoms. The average molecular weight is 221 g/mol. The van der Waals surface area contributed by atoms with Crippen LogP contribution >= 0.6 is 0 Å². The molecular weight excluding hydrogens is 202 g/mol. The highest BCUT2D eigenvalue weighted by atomic mass is 16.2. The van der Waals surface area contributed by atoms with Gasteiger partial charge >= 0.3 is 0 Å².